The normalized spacial score (nSPS) is 10.6. The van der Waals surface area contributed by atoms with Crippen LogP contribution in [0.3, 0.4) is 0 Å². The van der Waals surface area contributed by atoms with Gasteiger partial charge in [-0.1, -0.05) is 18.2 Å². The van der Waals surface area contributed by atoms with E-state index >= 15 is 0 Å². The van der Waals surface area contributed by atoms with E-state index in [9.17, 15) is 4.79 Å². The van der Waals surface area contributed by atoms with Gasteiger partial charge >= 0.3 is 0 Å². The van der Waals surface area contributed by atoms with Gasteiger partial charge in [-0.25, -0.2) is 4.98 Å². The Hall–Kier alpha value is -3.02. The summed E-state index contributed by atoms with van der Waals surface area (Å²) in [5, 5.41) is 2.87. The van der Waals surface area contributed by atoms with Crippen LogP contribution in [-0.4, -0.2) is 35.1 Å². The van der Waals surface area contributed by atoms with Gasteiger partial charge in [0, 0.05) is 6.20 Å². The van der Waals surface area contributed by atoms with Crippen LogP contribution >= 0.6 is 0 Å². The molecule has 0 aliphatic heterocycles. The van der Waals surface area contributed by atoms with Crippen molar-refractivity contribution >= 4 is 11.6 Å². The minimum Gasteiger partial charge on any atom is -0.492 e. The second-order valence-corrected chi connectivity index (χ2v) is 5.46. The highest BCUT2D eigenvalue weighted by atomic mass is 16.5. The highest BCUT2D eigenvalue weighted by molar-refractivity contribution is 5.94. The first kappa shape index (κ1) is 16.8. The number of ether oxygens (including phenoxy) is 2. The van der Waals surface area contributed by atoms with Crippen molar-refractivity contribution in [1.29, 1.82) is 0 Å². The summed E-state index contributed by atoms with van der Waals surface area (Å²) in [6.07, 6.45) is 1.81. The van der Waals surface area contributed by atoms with Gasteiger partial charge in [-0.15, -0.1) is 0 Å². The maximum absolute atomic E-state index is 12.6. The summed E-state index contributed by atoms with van der Waals surface area (Å²) in [5.41, 5.74) is 1.82. The molecule has 0 spiro atoms. The van der Waals surface area contributed by atoms with Crippen molar-refractivity contribution in [3.8, 4) is 11.5 Å². The van der Waals surface area contributed by atoms with Crippen LogP contribution in [0.25, 0.3) is 5.65 Å². The third-order valence-corrected chi connectivity index (χ3v) is 3.70. The van der Waals surface area contributed by atoms with Gasteiger partial charge in [-0.3, -0.25) is 9.20 Å². The van der Waals surface area contributed by atoms with Crippen LogP contribution in [0, 0.1) is 6.92 Å². The standard InChI is InChI=1S/C19H21N3O3/c1-3-24-16-10-7-12-22-17(14(2)21-18(16)22)19(23)20-11-13-25-15-8-5-4-6-9-15/h4-10,12H,3,11,13H2,1-2H3,(H,20,23). The molecule has 6 nitrogen and oxygen atoms in total. The number of carbonyl (C=O) groups is 1. The average molecular weight is 339 g/mol. The van der Waals surface area contributed by atoms with Gasteiger partial charge in [0.25, 0.3) is 5.91 Å². The van der Waals surface area contributed by atoms with Crippen LogP contribution in [0.4, 0.5) is 0 Å². The maximum Gasteiger partial charge on any atom is 0.270 e. The number of hydrogen-bond donors (Lipinski definition) is 1. The van der Waals surface area contributed by atoms with Gasteiger partial charge in [0.15, 0.2) is 11.4 Å². The number of benzene rings is 1. The zero-order chi connectivity index (χ0) is 17.6. The zero-order valence-electron chi connectivity index (χ0n) is 14.4. The number of carbonyl (C=O) groups excluding carboxylic acids is 1. The van der Waals surface area contributed by atoms with E-state index < -0.39 is 0 Å². The third-order valence-electron chi connectivity index (χ3n) is 3.70. The molecule has 0 atom stereocenters. The van der Waals surface area contributed by atoms with Crippen LogP contribution in [0.5, 0.6) is 11.5 Å². The molecule has 0 radical (unpaired) electrons. The molecule has 0 saturated carbocycles. The minimum atomic E-state index is -0.185. The number of rotatable bonds is 7. The Morgan fingerprint density at radius 1 is 1.16 bits per heavy atom. The number of para-hydroxylation sites is 1. The molecule has 0 fully saturated rings. The van der Waals surface area contributed by atoms with Gasteiger partial charge in [0.1, 0.15) is 18.1 Å². The van der Waals surface area contributed by atoms with Gasteiger partial charge in [-0.05, 0) is 38.1 Å². The highest BCUT2D eigenvalue weighted by Crippen LogP contribution is 2.22. The first-order valence-corrected chi connectivity index (χ1v) is 8.27. The molecule has 1 amide bonds. The Balaban J connectivity index is 1.67. The Morgan fingerprint density at radius 3 is 2.72 bits per heavy atom. The fourth-order valence-electron chi connectivity index (χ4n) is 2.63. The number of imidazole rings is 1. The Bertz CT molecular complexity index is 859. The zero-order valence-corrected chi connectivity index (χ0v) is 14.4. The number of aromatic nitrogens is 2. The summed E-state index contributed by atoms with van der Waals surface area (Å²) < 4.78 is 12.9. The van der Waals surface area contributed by atoms with Gasteiger partial charge in [-0.2, -0.15) is 0 Å². The summed E-state index contributed by atoms with van der Waals surface area (Å²) in [4.78, 5) is 17.0. The number of nitrogens with one attached hydrogen (secondary N) is 1. The molecule has 1 aromatic carbocycles. The van der Waals surface area contributed by atoms with Crippen molar-refractivity contribution in [3.05, 3.63) is 60.0 Å². The fourth-order valence-corrected chi connectivity index (χ4v) is 2.63. The largest absolute Gasteiger partial charge is 0.492 e. The number of hydrogen-bond acceptors (Lipinski definition) is 4. The highest BCUT2D eigenvalue weighted by Gasteiger charge is 2.18. The van der Waals surface area contributed by atoms with E-state index in [2.05, 4.69) is 10.3 Å². The lowest BCUT2D eigenvalue weighted by Crippen LogP contribution is -2.29. The molecule has 3 rings (SSSR count). The minimum absolute atomic E-state index is 0.185. The van der Waals surface area contributed by atoms with E-state index in [1.165, 1.54) is 0 Å². The summed E-state index contributed by atoms with van der Waals surface area (Å²) in [6.45, 7) is 5.09. The number of amides is 1. The van der Waals surface area contributed by atoms with E-state index in [4.69, 9.17) is 9.47 Å². The molecular weight excluding hydrogens is 318 g/mol. The molecule has 0 aliphatic carbocycles. The predicted octanol–water partition coefficient (Wildman–Crippen LogP) is 2.85. The summed E-state index contributed by atoms with van der Waals surface area (Å²) in [6, 6.07) is 13.2. The van der Waals surface area contributed by atoms with Crippen molar-refractivity contribution in [2.24, 2.45) is 0 Å². The molecule has 0 bridgehead atoms. The quantitative estimate of drug-likeness (QED) is 0.672. The molecule has 2 aromatic heterocycles. The number of fused-ring (bicyclic) bond motifs is 1. The molecular formula is C19H21N3O3. The van der Waals surface area contributed by atoms with E-state index in [0.717, 1.165) is 5.75 Å². The topological polar surface area (TPSA) is 64.9 Å². The van der Waals surface area contributed by atoms with Gasteiger partial charge in [0.2, 0.25) is 0 Å². The van der Waals surface area contributed by atoms with Crippen LogP contribution in [0.15, 0.2) is 48.7 Å². The molecule has 3 aromatic rings. The maximum atomic E-state index is 12.6. The third kappa shape index (κ3) is 3.74. The van der Waals surface area contributed by atoms with Crippen molar-refractivity contribution in [3.63, 3.8) is 0 Å². The lowest BCUT2D eigenvalue weighted by Gasteiger charge is -2.09. The van der Waals surface area contributed by atoms with Crippen LogP contribution in [-0.2, 0) is 0 Å². The summed E-state index contributed by atoms with van der Waals surface area (Å²) >= 11 is 0. The van der Waals surface area contributed by atoms with Crippen molar-refractivity contribution < 1.29 is 14.3 Å². The molecule has 2 heterocycles. The molecule has 0 unspecified atom stereocenters. The monoisotopic (exact) mass is 339 g/mol. The van der Waals surface area contributed by atoms with Crippen molar-refractivity contribution in [1.82, 2.24) is 14.7 Å². The second kappa shape index (κ2) is 7.70. The van der Waals surface area contributed by atoms with E-state index in [1.54, 1.807) is 4.40 Å². The predicted molar refractivity (Wildman–Crippen MR) is 95.4 cm³/mol. The lowest BCUT2D eigenvalue weighted by atomic mass is 10.3. The fraction of sp³-hybridized carbons (Fsp3) is 0.263. The second-order valence-electron chi connectivity index (χ2n) is 5.46. The molecule has 6 heteroatoms. The Morgan fingerprint density at radius 2 is 1.96 bits per heavy atom. The van der Waals surface area contributed by atoms with E-state index in [1.807, 2.05) is 62.5 Å². The van der Waals surface area contributed by atoms with Gasteiger partial charge in [0.05, 0.1) is 18.8 Å². The lowest BCUT2D eigenvalue weighted by molar-refractivity contribution is 0.0940. The molecule has 1 N–H and O–H groups in total. The van der Waals surface area contributed by atoms with E-state index in [-0.39, 0.29) is 5.91 Å². The van der Waals surface area contributed by atoms with Crippen LogP contribution in [0.2, 0.25) is 0 Å². The van der Waals surface area contributed by atoms with Crippen LogP contribution in [0.1, 0.15) is 23.1 Å². The van der Waals surface area contributed by atoms with Gasteiger partial charge < -0.3 is 14.8 Å². The summed E-state index contributed by atoms with van der Waals surface area (Å²) in [7, 11) is 0. The Kier molecular flexibility index (Phi) is 5.18. The first-order valence-electron chi connectivity index (χ1n) is 8.27. The molecule has 0 aliphatic rings. The first-order chi connectivity index (χ1) is 12.2. The SMILES string of the molecule is CCOc1cccn2c(C(=O)NCCOc3ccccc3)c(C)nc12. The van der Waals surface area contributed by atoms with E-state index in [0.29, 0.717) is 42.5 Å². The van der Waals surface area contributed by atoms with Crippen molar-refractivity contribution in [2.45, 2.75) is 13.8 Å². The molecule has 130 valence electrons. The summed E-state index contributed by atoms with van der Waals surface area (Å²) in [5.74, 6) is 1.26. The number of nitrogens with zero attached hydrogens (tertiary/aromatic N) is 2. The number of aryl methyl sites for hydroxylation is 1. The average Bonchev–Trinajstić information content (AvgIpc) is 2.97. The molecule has 25 heavy (non-hydrogen) atoms. The smallest absolute Gasteiger partial charge is 0.270 e. The Labute approximate surface area is 146 Å². The number of pyridine rings is 1. The van der Waals surface area contributed by atoms with Crippen molar-refractivity contribution in [2.75, 3.05) is 19.8 Å². The van der Waals surface area contributed by atoms with Crippen LogP contribution < -0.4 is 14.8 Å². The molecule has 0 saturated heterocycles.